The summed E-state index contributed by atoms with van der Waals surface area (Å²) in [6.45, 7) is 4.16. The maximum Gasteiger partial charge on any atom is 0.223 e. The summed E-state index contributed by atoms with van der Waals surface area (Å²) < 4.78 is 0. The van der Waals surface area contributed by atoms with Crippen LogP contribution in [0.2, 0.25) is 0 Å². The molecule has 1 aliphatic heterocycles. The molecule has 0 atom stereocenters. The number of hydrogen-bond acceptors (Lipinski definition) is 2. The van der Waals surface area contributed by atoms with Crippen molar-refractivity contribution in [3.8, 4) is 11.8 Å². The Labute approximate surface area is 109 Å². The standard InChI is InChI=1S/C14H22N2O2/c1-2-10-15-13(17)8-9-14(18)16-11-6-4-3-5-7-12-16/h2,4,6-12H2,1H3,(H,15,17). The highest BCUT2D eigenvalue weighted by Crippen LogP contribution is 2.04. The van der Waals surface area contributed by atoms with Crippen molar-refractivity contribution in [3.63, 3.8) is 0 Å². The van der Waals surface area contributed by atoms with Crippen molar-refractivity contribution in [1.29, 1.82) is 0 Å². The quantitative estimate of drug-likeness (QED) is 0.748. The van der Waals surface area contributed by atoms with Crippen LogP contribution >= 0.6 is 0 Å². The largest absolute Gasteiger partial charge is 0.356 e. The second-order valence-corrected chi connectivity index (χ2v) is 4.44. The fourth-order valence-corrected chi connectivity index (χ4v) is 1.82. The average Bonchev–Trinajstić information content (AvgIpc) is 2.33. The summed E-state index contributed by atoms with van der Waals surface area (Å²) in [5.74, 6) is 6.15. The van der Waals surface area contributed by atoms with Crippen LogP contribution in [-0.4, -0.2) is 36.3 Å². The van der Waals surface area contributed by atoms with E-state index in [-0.39, 0.29) is 11.8 Å². The zero-order chi connectivity index (χ0) is 13.2. The van der Waals surface area contributed by atoms with Crippen LogP contribution in [0.5, 0.6) is 0 Å². The summed E-state index contributed by atoms with van der Waals surface area (Å²) in [6, 6.07) is 0. The molecule has 4 nitrogen and oxygen atoms in total. The predicted molar refractivity (Wildman–Crippen MR) is 70.7 cm³/mol. The van der Waals surface area contributed by atoms with E-state index in [0.29, 0.717) is 25.9 Å². The van der Waals surface area contributed by atoms with E-state index < -0.39 is 0 Å². The lowest BCUT2D eigenvalue weighted by atomic mass is 10.2. The molecule has 1 rings (SSSR count). The maximum absolute atomic E-state index is 11.9. The van der Waals surface area contributed by atoms with Crippen LogP contribution in [0.15, 0.2) is 0 Å². The molecule has 18 heavy (non-hydrogen) atoms. The molecular formula is C14H22N2O2. The first-order valence-corrected chi connectivity index (χ1v) is 6.74. The van der Waals surface area contributed by atoms with E-state index in [4.69, 9.17) is 0 Å². The normalized spacial score (nSPS) is 15.1. The van der Waals surface area contributed by atoms with Crippen LogP contribution in [0.25, 0.3) is 0 Å². The Kier molecular flexibility index (Phi) is 6.93. The van der Waals surface area contributed by atoms with Crippen molar-refractivity contribution in [1.82, 2.24) is 10.2 Å². The van der Waals surface area contributed by atoms with Gasteiger partial charge in [0, 0.05) is 45.3 Å². The van der Waals surface area contributed by atoms with Crippen LogP contribution in [0, 0.1) is 11.8 Å². The van der Waals surface area contributed by atoms with E-state index >= 15 is 0 Å². The lowest BCUT2D eigenvalue weighted by Crippen LogP contribution is -2.34. The van der Waals surface area contributed by atoms with Gasteiger partial charge in [-0.3, -0.25) is 9.59 Å². The summed E-state index contributed by atoms with van der Waals surface area (Å²) in [6.07, 6.45) is 4.06. The van der Waals surface area contributed by atoms with E-state index in [1.165, 1.54) is 0 Å². The van der Waals surface area contributed by atoms with Crippen molar-refractivity contribution < 1.29 is 9.59 Å². The Morgan fingerprint density at radius 1 is 1.17 bits per heavy atom. The smallest absolute Gasteiger partial charge is 0.223 e. The van der Waals surface area contributed by atoms with Gasteiger partial charge < -0.3 is 10.2 Å². The van der Waals surface area contributed by atoms with Gasteiger partial charge in [-0.1, -0.05) is 6.92 Å². The first-order chi connectivity index (χ1) is 8.74. The van der Waals surface area contributed by atoms with Gasteiger partial charge in [-0.2, -0.15) is 0 Å². The molecule has 0 aromatic heterocycles. The topological polar surface area (TPSA) is 49.4 Å². The fourth-order valence-electron chi connectivity index (χ4n) is 1.82. The van der Waals surface area contributed by atoms with Gasteiger partial charge in [0.15, 0.2) is 0 Å². The molecular weight excluding hydrogens is 228 g/mol. The first-order valence-electron chi connectivity index (χ1n) is 6.74. The van der Waals surface area contributed by atoms with Crippen molar-refractivity contribution in [2.24, 2.45) is 0 Å². The van der Waals surface area contributed by atoms with Crippen molar-refractivity contribution >= 4 is 11.8 Å². The summed E-state index contributed by atoms with van der Waals surface area (Å²) >= 11 is 0. The summed E-state index contributed by atoms with van der Waals surface area (Å²) in [4.78, 5) is 25.2. The third kappa shape index (κ3) is 5.72. The van der Waals surface area contributed by atoms with Crippen LogP contribution in [0.1, 0.15) is 45.4 Å². The van der Waals surface area contributed by atoms with Gasteiger partial charge in [-0.05, 0) is 12.8 Å². The van der Waals surface area contributed by atoms with E-state index in [1.807, 2.05) is 11.8 Å². The Morgan fingerprint density at radius 3 is 2.72 bits per heavy atom. The highest BCUT2D eigenvalue weighted by atomic mass is 16.2. The van der Waals surface area contributed by atoms with Crippen molar-refractivity contribution in [3.05, 3.63) is 0 Å². The van der Waals surface area contributed by atoms with E-state index in [2.05, 4.69) is 17.2 Å². The van der Waals surface area contributed by atoms with Gasteiger partial charge in [0.1, 0.15) is 0 Å². The SMILES string of the molecule is CCCNC(=O)CCC(=O)N1CCC#CCCC1. The molecule has 2 amide bonds. The molecule has 0 unspecified atom stereocenters. The molecule has 0 spiro atoms. The Hall–Kier alpha value is -1.50. The molecule has 0 aromatic carbocycles. The Balaban J connectivity index is 2.27. The molecule has 100 valence electrons. The van der Waals surface area contributed by atoms with Crippen LogP contribution in [-0.2, 0) is 9.59 Å². The maximum atomic E-state index is 11.9. The second kappa shape index (κ2) is 8.57. The highest BCUT2D eigenvalue weighted by molar-refractivity contribution is 5.83. The number of carbonyl (C=O) groups is 2. The lowest BCUT2D eigenvalue weighted by Gasteiger charge is -2.22. The number of carbonyl (C=O) groups excluding carboxylic acids is 2. The lowest BCUT2D eigenvalue weighted by molar-refractivity contribution is -0.133. The number of nitrogens with one attached hydrogen (secondary N) is 1. The van der Waals surface area contributed by atoms with Gasteiger partial charge in [0.05, 0.1) is 0 Å². The molecule has 1 heterocycles. The third-order valence-corrected chi connectivity index (χ3v) is 2.85. The Morgan fingerprint density at radius 2 is 1.94 bits per heavy atom. The molecule has 1 N–H and O–H groups in total. The summed E-state index contributed by atoms with van der Waals surface area (Å²) in [5.41, 5.74) is 0. The van der Waals surface area contributed by atoms with Gasteiger partial charge in [0.2, 0.25) is 11.8 Å². The van der Waals surface area contributed by atoms with E-state index in [9.17, 15) is 9.59 Å². The van der Waals surface area contributed by atoms with Gasteiger partial charge in [0.25, 0.3) is 0 Å². The molecule has 0 bridgehead atoms. The summed E-state index contributed by atoms with van der Waals surface area (Å²) in [5, 5.41) is 2.78. The van der Waals surface area contributed by atoms with E-state index in [0.717, 1.165) is 32.2 Å². The number of amides is 2. The van der Waals surface area contributed by atoms with Crippen LogP contribution in [0.3, 0.4) is 0 Å². The first kappa shape index (κ1) is 14.6. The summed E-state index contributed by atoms with van der Waals surface area (Å²) in [7, 11) is 0. The molecule has 0 saturated carbocycles. The van der Waals surface area contributed by atoms with Crippen molar-refractivity contribution in [2.45, 2.75) is 45.4 Å². The van der Waals surface area contributed by atoms with Gasteiger partial charge in [-0.25, -0.2) is 0 Å². The van der Waals surface area contributed by atoms with Crippen LogP contribution in [0.4, 0.5) is 0 Å². The molecule has 0 aromatic rings. The zero-order valence-electron chi connectivity index (χ0n) is 11.1. The van der Waals surface area contributed by atoms with Crippen molar-refractivity contribution in [2.75, 3.05) is 19.6 Å². The zero-order valence-corrected chi connectivity index (χ0v) is 11.1. The molecule has 0 radical (unpaired) electrons. The predicted octanol–water partition coefficient (Wildman–Crippen LogP) is 1.31. The minimum Gasteiger partial charge on any atom is -0.356 e. The molecule has 1 aliphatic rings. The average molecular weight is 250 g/mol. The monoisotopic (exact) mass is 250 g/mol. The number of hydrogen-bond donors (Lipinski definition) is 1. The molecule has 0 aliphatic carbocycles. The van der Waals surface area contributed by atoms with Gasteiger partial charge >= 0.3 is 0 Å². The fraction of sp³-hybridized carbons (Fsp3) is 0.714. The third-order valence-electron chi connectivity index (χ3n) is 2.85. The van der Waals surface area contributed by atoms with Crippen LogP contribution < -0.4 is 5.32 Å². The minimum absolute atomic E-state index is 0.0305. The van der Waals surface area contributed by atoms with E-state index in [1.54, 1.807) is 0 Å². The molecule has 0 fully saturated rings. The van der Waals surface area contributed by atoms with Gasteiger partial charge in [-0.15, -0.1) is 11.8 Å². The Bertz CT molecular complexity index is 341. The highest BCUT2D eigenvalue weighted by Gasteiger charge is 2.14. The minimum atomic E-state index is -0.0305. The molecule has 4 heteroatoms. The number of rotatable bonds is 5. The number of nitrogens with zero attached hydrogens (tertiary/aromatic N) is 1. The second-order valence-electron chi connectivity index (χ2n) is 4.44. The molecule has 0 saturated heterocycles.